The minimum atomic E-state index is -3.90. The molecule has 0 rings (SSSR count). The first-order valence-corrected chi connectivity index (χ1v) is 5.48. The number of halogens is 2. The molecule has 0 saturated heterocycles. The van der Waals surface area contributed by atoms with Gasteiger partial charge in [-0.05, 0) is 5.92 Å². The van der Waals surface area contributed by atoms with Crippen LogP contribution in [0.15, 0.2) is 12.7 Å². The zero-order valence-electron chi connectivity index (χ0n) is 10.7. The van der Waals surface area contributed by atoms with E-state index in [1.54, 1.807) is 13.8 Å². The molecule has 0 radical (unpaired) electrons. The Kier molecular flexibility index (Phi) is 6.68. The van der Waals surface area contributed by atoms with Crippen molar-refractivity contribution in [3.63, 3.8) is 0 Å². The van der Waals surface area contributed by atoms with Gasteiger partial charge in [0.15, 0.2) is 0 Å². The maximum Gasteiger partial charge on any atom is 0.341 e. The molecule has 0 saturated carbocycles. The van der Waals surface area contributed by atoms with Crippen LogP contribution >= 0.6 is 0 Å². The fourth-order valence-corrected chi connectivity index (χ4v) is 1.25. The second kappa shape index (κ2) is 7.20. The molecule has 0 spiro atoms. The summed E-state index contributed by atoms with van der Waals surface area (Å²) >= 11 is 0. The van der Waals surface area contributed by atoms with Crippen LogP contribution in [0.1, 0.15) is 20.3 Å². The number of carbonyl (C=O) groups is 2. The number of esters is 1. The molecular weight excluding hydrogens is 246 g/mol. The average molecular weight is 264 g/mol. The molecular formula is C12H18F2O4. The third kappa shape index (κ3) is 4.52. The van der Waals surface area contributed by atoms with Gasteiger partial charge in [0.25, 0.3) is 0 Å². The Balaban J connectivity index is 4.98. The first-order valence-electron chi connectivity index (χ1n) is 5.48. The summed E-state index contributed by atoms with van der Waals surface area (Å²) in [5, 5.41) is 0. The van der Waals surface area contributed by atoms with E-state index in [2.05, 4.69) is 16.1 Å². The van der Waals surface area contributed by atoms with Crippen LogP contribution in [0.2, 0.25) is 0 Å². The topological polar surface area (TPSA) is 52.6 Å². The smallest absolute Gasteiger partial charge is 0.341 e. The van der Waals surface area contributed by atoms with E-state index in [-0.39, 0.29) is 18.9 Å². The number of alkyl halides is 2. The van der Waals surface area contributed by atoms with E-state index in [9.17, 15) is 18.4 Å². The van der Waals surface area contributed by atoms with Crippen molar-refractivity contribution in [1.29, 1.82) is 0 Å². The van der Waals surface area contributed by atoms with E-state index in [1.807, 2.05) is 0 Å². The predicted octanol–water partition coefficient (Wildman–Crippen LogP) is 1.98. The molecule has 104 valence electrons. The van der Waals surface area contributed by atoms with E-state index in [1.165, 1.54) is 6.08 Å². The van der Waals surface area contributed by atoms with Crippen molar-refractivity contribution in [1.82, 2.24) is 0 Å². The number of rotatable bonds is 8. The molecule has 0 amide bonds. The monoisotopic (exact) mass is 264 g/mol. The van der Waals surface area contributed by atoms with Crippen LogP contribution in [0, 0.1) is 5.92 Å². The molecule has 0 aromatic carbocycles. The summed E-state index contributed by atoms with van der Waals surface area (Å²) in [5.74, 6) is -6.75. The van der Waals surface area contributed by atoms with E-state index in [0.29, 0.717) is 0 Å². The summed E-state index contributed by atoms with van der Waals surface area (Å²) in [4.78, 5) is 22.7. The fourth-order valence-electron chi connectivity index (χ4n) is 1.25. The number of hydrogen-bond acceptors (Lipinski definition) is 4. The van der Waals surface area contributed by atoms with E-state index < -0.39 is 23.8 Å². The molecule has 4 nitrogen and oxygen atoms in total. The normalized spacial score (nSPS) is 13.2. The van der Waals surface area contributed by atoms with Crippen LogP contribution in [0.3, 0.4) is 0 Å². The average Bonchev–Trinajstić information content (AvgIpc) is 2.27. The van der Waals surface area contributed by atoms with Crippen molar-refractivity contribution < 1.29 is 27.8 Å². The molecule has 0 aliphatic carbocycles. The zero-order valence-corrected chi connectivity index (χ0v) is 10.7. The van der Waals surface area contributed by atoms with E-state index >= 15 is 0 Å². The molecule has 0 aliphatic rings. The van der Waals surface area contributed by atoms with Gasteiger partial charge >= 0.3 is 11.9 Å². The predicted molar refractivity (Wildman–Crippen MR) is 61.4 cm³/mol. The molecule has 6 heteroatoms. The number of Topliss-reactive ketones (excluding diaryl/α,β-unsaturated/α-hetero) is 1. The van der Waals surface area contributed by atoms with Crippen LogP contribution < -0.4 is 0 Å². The highest BCUT2D eigenvalue weighted by Crippen LogP contribution is 2.26. The maximum absolute atomic E-state index is 13.8. The van der Waals surface area contributed by atoms with Crippen molar-refractivity contribution in [3.8, 4) is 0 Å². The second-order valence-corrected chi connectivity index (χ2v) is 4.17. The van der Waals surface area contributed by atoms with Gasteiger partial charge in [0.05, 0.1) is 13.7 Å². The fraction of sp³-hybridized carbons (Fsp3) is 0.667. The van der Waals surface area contributed by atoms with Gasteiger partial charge in [-0.25, -0.2) is 4.79 Å². The Morgan fingerprint density at radius 2 is 1.94 bits per heavy atom. The van der Waals surface area contributed by atoms with Gasteiger partial charge < -0.3 is 9.47 Å². The largest absolute Gasteiger partial charge is 0.467 e. The molecule has 0 aromatic heterocycles. The van der Waals surface area contributed by atoms with Gasteiger partial charge in [-0.3, -0.25) is 4.79 Å². The van der Waals surface area contributed by atoms with Crippen molar-refractivity contribution >= 4 is 11.8 Å². The molecule has 0 N–H and O–H groups in total. The highest BCUT2D eigenvalue weighted by atomic mass is 19.3. The zero-order chi connectivity index (χ0) is 14.3. The molecule has 1 unspecified atom stereocenters. The summed E-state index contributed by atoms with van der Waals surface area (Å²) in [6.07, 6.45) is -1.36. The molecule has 0 fully saturated rings. The molecule has 18 heavy (non-hydrogen) atoms. The van der Waals surface area contributed by atoms with Crippen LogP contribution in [-0.4, -0.2) is 37.5 Å². The summed E-state index contributed by atoms with van der Waals surface area (Å²) in [6.45, 7) is 6.27. The third-order valence-electron chi connectivity index (χ3n) is 2.09. The van der Waals surface area contributed by atoms with Crippen LogP contribution in [0.25, 0.3) is 0 Å². The first-order chi connectivity index (χ1) is 8.27. The number of carbonyl (C=O) groups excluding carboxylic acids is 2. The minimum absolute atomic E-state index is 0.235. The number of methoxy groups -OCH3 is 1. The quantitative estimate of drug-likeness (QED) is 0.497. The summed E-state index contributed by atoms with van der Waals surface area (Å²) < 4.78 is 36.5. The number of hydrogen-bond donors (Lipinski definition) is 0. The summed E-state index contributed by atoms with van der Waals surface area (Å²) in [6, 6.07) is 0. The van der Waals surface area contributed by atoms with Gasteiger partial charge in [0.2, 0.25) is 11.9 Å². The van der Waals surface area contributed by atoms with Crippen molar-refractivity contribution in [2.45, 2.75) is 32.3 Å². The molecule has 0 heterocycles. The summed E-state index contributed by atoms with van der Waals surface area (Å²) in [7, 11) is 0.954. The number of ether oxygens (including phenoxy) is 2. The molecule has 1 atom stereocenters. The Morgan fingerprint density at radius 3 is 2.33 bits per heavy atom. The minimum Gasteiger partial charge on any atom is -0.467 e. The van der Waals surface area contributed by atoms with Gasteiger partial charge in [0, 0.05) is 6.42 Å². The first kappa shape index (κ1) is 16.7. The number of ketones is 1. The van der Waals surface area contributed by atoms with Crippen molar-refractivity contribution in [3.05, 3.63) is 12.7 Å². The van der Waals surface area contributed by atoms with E-state index in [4.69, 9.17) is 0 Å². The lowest BCUT2D eigenvalue weighted by molar-refractivity contribution is -0.188. The Labute approximate surface area is 105 Å². The lowest BCUT2D eigenvalue weighted by Gasteiger charge is -2.24. The molecule has 0 bridgehead atoms. The standard InChI is InChI=1S/C12H18F2O4/c1-5-6-18-10(11(16)17-4)12(13,14)9(15)7-8(2)3/h5,8,10H,1,6-7H2,2-4H3. The molecule has 0 aliphatic heterocycles. The van der Waals surface area contributed by atoms with Gasteiger partial charge in [-0.1, -0.05) is 19.9 Å². The SMILES string of the molecule is C=CCOC(C(=O)OC)C(F)(F)C(=O)CC(C)C. The molecule has 0 aromatic rings. The summed E-state index contributed by atoms with van der Waals surface area (Å²) in [5.41, 5.74) is 0. The third-order valence-corrected chi connectivity index (χ3v) is 2.09. The van der Waals surface area contributed by atoms with E-state index in [0.717, 1.165) is 7.11 Å². The lowest BCUT2D eigenvalue weighted by atomic mass is 9.99. The Bertz CT molecular complexity index is 313. The Hall–Kier alpha value is -1.30. The highest BCUT2D eigenvalue weighted by molar-refractivity contribution is 5.92. The highest BCUT2D eigenvalue weighted by Gasteiger charge is 2.52. The van der Waals surface area contributed by atoms with Gasteiger partial charge in [0.1, 0.15) is 0 Å². The van der Waals surface area contributed by atoms with Crippen LogP contribution in [-0.2, 0) is 19.1 Å². The van der Waals surface area contributed by atoms with Crippen molar-refractivity contribution in [2.75, 3.05) is 13.7 Å². The lowest BCUT2D eigenvalue weighted by Crippen LogP contribution is -2.48. The van der Waals surface area contributed by atoms with Crippen molar-refractivity contribution in [2.24, 2.45) is 5.92 Å². The van der Waals surface area contributed by atoms with Crippen LogP contribution in [0.4, 0.5) is 8.78 Å². The van der Waals surface area contributed by atoms with Gasteiger partial charge in [-0.15, -0.1) is 6.58 Å². The second-order valence-electron chi connectivity index (χ2n) is 4.17. The maximum atomic E-state index is 13.8. The van der Waals surface area contributed by atoms with Crippen LogP contribution in [0.5, 0.6) is 0 Å². The van der Waals surface area contributed by atoms with Gasteiger partial charge in [-0.2, -0.15) is 8.78 Å². The Morgan fingerprint density at radius 1 is 1.39 bits per heavy atom.